The van der Waals surface area contributed by atoms with Crippen LogP contribution in [0.1, 0.15) is 36.0 Å². The molecule has 1 unspecified atom stereocenters. The average molecular weight is 415 g/mol. The van der Waals surface area contributed by atoms with Crippen molar-refractivity contribution in [3.8, 4) is 0 Å². The maximum Gasteiger partial charge on any atom is 0.215 e. The summed E-state index contributed by atoms with van der Waals surface area (Å²) in [6, 6.07) is 18.3. The van der Waals surface area contributed by atoms with Crippen molar-refractivity contribution in [2.24, 2.45) is 4.99 Å². The van der Waals surface area contributed by atoms with Gasteiger partial charge in [-0.2, -0.15) is 0 Å². The second-order valence-corrected chi connectivity index (χ2v) is 9.22. The number of likely N-dealkylation sites (tertiary alicyclic amines) is 1. The first kappa shape index (κ1) is 21.3. The first-order chi connectivity index (χ1) is 14.0. The number of nitrogens with zero attached hydrogens (tertiary/aromatic N) is 2. The van der Waals surface area contributed by atoms with Gasteiger partial charge < -0.3 is 10.2 Å². The van der Waals surface area contributed by atoms with E-state index >= 15 is 0 Å². The molecule has 1 atom stereocenters. The number of sulfonamides is 1. The Hall–Kier alpha value is -2.38. The van der Waals surface area contributed by atoms with E-state index in [1.54, 1.807) is 0 Å². The van der Waals surface area contributed by atoms with Crippen molar-refractivity contribution in [2.75, 3.05) is 26.7 Å². The van der Waals surface area contributed by atoms with E-state index in [-0.39, 0.29) is 5.75 Å². The van der Waals surface area contributed by atoms with Gasteiger partial charge in [0.15, 0.2) is 5.96 Å². The van der Waals surface area contributed by atoms with Crippen LogP contribution in [-0.2, 0) is 22.3 Å². The van der Waals surface area contributed by atoms with Gasteiger partial charge in [0.2, 0.25) is 10.0 Å². The molecule has 0 aliphatic carbocycles. The van der Waals surface area contributed by atoms with Gasteiger partial charge in [0.05, 0.1) is 12.3 Å². The van der Waals surface area contributed by atoms with Gasteiger partial charge in [0.1, 0.15) is 0 Å². The maximum atomic E-state index is 11.7. The lowest BCUT2D eigenvalue weighted by atomic mass is 9.99. The standard InChI is InChI=1S/C22H30N4O2S/c1-3-24-22(26-14-13-21(16-26)20-7-5-4-6-8-20)25-15-18-9-11-19(12-10-18)17-29(27,28)23-2/h4-12,21,23H,3,13-17H2,1-2H3,(H,24,25). The normalized spacial score (nSPS) is 17.5. The molecular weight excluding hydrogens is 384 g/mol. The van der Waals surface area contributed by atoms with E-state index in [0.29, 0.717) is 12.5 Å². The van der Waals surface area contributed by atoms with Crippen molar-refractivity contribution in [1.29, 1.82) is 0 Å². The number of rotatable bonds is 7. The smallest absolute Gasteiger partial charge is 0.215 e. The molecule has 2 aromatic carbocycles. The number of hydrogen-bond acceptors (Lipinski definition) is 3. The van der Waals surface area contributed by atoms with E-state index < -0.39 is 10.0 Å². The molecule has 29 heavy (non-hydrogen) atoms. The second-order valence-electron chi connectivity index (χ2n) is 7.29. The Bertz CT molecular complexity index is 912. The van der Waals surface area contributed by atoms with Crippen molar-refractivity contribution in [2.45, 2.75) is 31.6 Å². The molecule has 6 nitrogen and oxygen atoms in total. The third-order valence-corrected chi connectivity index (χ3v) is 6.53. The van der Waals surface area contributed by atoms with Gasteiger partial charge in [0.25, 0.3) is 0 Å². The fourth-order valence-electron chi connectivity index (χ4n) is 3.57. The molecule has 1 heterocycles. The lowest BCUT2D eigenvalue weighted by Gasteiger charge is -2.22. The fourth-order valence-corrected chi connectivity index (χ4v) is 4.35. The van der Waals surface area contributed by atoms with Crippen molar-refractivity contribution in [3.63, 3.8) is 0 Å². The van der Waals surface area contributed by atoms with Crippen LogP contribution >= 0.6 is 0 Å². The maximum absolute atomic E-state index is 11.7. The molecule has 2 aromatic rings. The largest absolute Gasteiger partial charge is 0.357 e. The van der Waals surface area contributed by atoms with Gasteiger partial charge in [-0.1, -0.05) is 54.6 Å². The minimum absolute atomic E-state index is 0.00958. The lowest BCUT2D eigenvalue weighted by Crippen LogP contribution is -2.40. The Balaban J connectivity index is 1.64. The minimum Gasteiger partial charge on any atom is -0.357 e. The summed E-state index contributed by atoms with van der Waals surface area (Å²) in [4.78, 5) is 7.14. The summed E-state index contributed by atoms with van der Waals surface area (Å²) in [7, 11) is -1.82. The Kier molecular flexibility index (Phi) is 7.28. The monoisotopic (exact) mass is 414 g/mol. The van der Waals surface area contributed by atoms with Crippen LogP contribution in [0, 0.1) is 0 Å². The summed E-state index contributed by atoms with van der Waals surface area (Å²) in [6.07, 6.45) is 1.13. The van der Waals surface area contributed by atoms with Crippen molar-refractivity contribution in [1.82, 2.24) is 14.9 Å². The summed E-state index contributed by atoms with van der Waals surface area (Å²) >= 11 is 0. The van der Waals surface area contributed by atoms with Crippen LogP contribution in [0.5, 0.6) is 0 Å². The van der Waals surface area contributed by atoms with Crippen LogP contribution in [-0.4, -0.2) is 46.0 Å². The number of aliphatic imine (C=N–C) groups is 1. The summed E-state index contributed by atoms with van der Waals surface area (Å²) in [5.41, 5.74) is 3.21. The molecule has 0 saturated carbocycles. The third kappa shape index (κ3) is 6.05. The Labute approximate surface area is 174 Å². The third-order valence-electron chi connectivity index (χ3n) is 5.20. The minimum atomic E-state index is -3.25. The molecule has 0 amide bonds. The molecule has 1 saturated heterocycles. The molecule has 0 radical (unpaired) electrons. The molecular formula is C22H30N4O2S. The number of nitrogens with one attached hydrogen (secondary N) is 2. The van der Waals surface area contributed by atoms with Gasteiger partial charge in [-0.15, -0.1) is 0 Å². The Morgan fingerprint density at radius 3 is 2.45 bits per heavy atom. The van der Waals surface area contributed by atoms with Crippen molar-refractivity contribution >= 4 is 16.0 Å². The summed E-state index contributed by atoms with van der Waals surface area (Å²) in [5.74, 6) is 1.46. The zero-order chi connectivity index (χ0) is 20.7. The molecule has 1 fully saturated rings. The molecule has 0 spiro atoms. The van der Waals surface area contributed by atoms with Crippen LogP contribution in [0.4, 0.5) is 0 Å². The van der Waals surface area contributed by atoms with E-state index in [1.807, 2.05) is 24.3 Å². The molecule has 1 aliphatic heterocycles. The summed E-state index contributed by atoms with van der Waals surface area (Å²) in [5, 5.41) is 3.41. The molecule has 7 heteroatoms. The van der Waals surface area contributed by atoms with E-state index in [4.69, 9.17) is 4.99 Å². The van der Waals surface area contributed by atoms with Crippen LogP contribution < -0.4 is 10.0 Å². The van der Waals surface area contributed by atoms with Gasteiger partial charge in [0, 0.05) is 25.6 Å². The van der Waals surface area contributed by atoms with Crippen molar-refractivity contribution < 1.29 is 8.42 Å². The van der Waals surface area contributed by atoms with Gasteiger partial charge in [-0.25, -0.2) is 18.1 Å². The summed E-state index contributed by atoms with van der Waals surface area (Å²) in [6.45, 7) is 5.43. The first-order valence-corrected chi connectivity index (χ1v) is 11.7. The highest BCUT2D eigenvalue weighted by atomic mass is 32.2. The fraction of sp³-hybridized carbons (Fsp3) is 0.409. The van der Waals surface area contributed by atoms with E-state index in [9.17, 15) is 8.42 Å². The van der Waals surface area contributed by atoms with Gasteiger partial charge in [-0.05, 0) is 37.1 Å². The Morgan fingerprint density at radius 1 is 1.10 bits per heavy atom. The SMILES string of the molecule is CCNC(=NCc1ccc(CS(=O)(=O)NC)cc1)N1CCC(c2ccccc2)C1. The van der Waals surface area contributed by atoms with Gasteiger partial charge in [-0.3, -0.25) is 0 Å². The highest BCUT2D eigenvalue weighted by Crippen LogP contribution is 2.27. The van der Waals surface area contributed by atoms with E-state index in [0.717, 1.165) is 43.1 Å². The molecule has 2 N–H and O–H groups in total. The highest BCUT2D eigenvalue weighted by molar-refractivity contribution is 7.88. The predicted octanol–water partition coefficient (Wildman–Crippen LogP) is 2.69. The van der Waals surface area contributed by atoms with Crippen LogP contribution in [0.3, 0.4) is 0 Å². The first-order valence-electron chi connectivity index (χ1n) is 10.1. The lowest BCUT2D eigenvalue weighted by molar-refractivity contribution is 0.486. The molecule has 3 rings (SSSR count). The van der Waals surface area contributed by atoms with E-state index in [2.05, 4.69) is 52.2 Å². The van der Waals surface area contributed by atoms with Crippen LogP contribution in [0.15, 0.2) is 59.6 Å². The Morgan fingerprint density at radius 2 is 1.79 bits per heavy atom. The topological polar surface area (TPSA) is 73.8 Å². The highest BCUT2D eigenvalue weighted by Gasteiger charge is 2.25. The van der Waals surface area contributed by atoms with Crippen LogP contribution in [0.25, 0.3) is 0 Å². The zero-order valence-corrected chi connectivity index (χ0v) is 18.0. The molecule has 1 aliphatic rings. The summed E-state index contributed by atoms with van der Waals surface area (Å²) < 4.78 is 25.7. The number of hydrogen-bond donors (Lipinski definition) is 2. The van der Waals surface area contributed by atoms with Crippen LogP contribution in [0.2, 0.25) is 0 Å². The quantitative estimate of drug-likeness (QED) is 0.540. The zero-order valence-electron chi connectivity index (χ0n) is 17.1. The molecule has 0 aromatic heterocycles. The second kappa shape index (κ2) is 9.89. The van der Waals surface area contributed by atoms with Gasteiger partial charge >= 0.3 is 0 Å². The number of guanidine groups is 1. The molecule has 0 bridgehead atoms. The van der Waals surface area contributed by atoms with Crippen molar-refractivity contribution in [3.05, 3.63) is 71.3 Å². The predicted molar refractivity (Wildman–Crippen MR) is 118 cm³/mol. The number of benzene rings is 2. The average Bonchev–Trinajstić information content (AvgIpc) is 3.23. The van der Waals surface area contributed by atoms with E-state index in [1.165, 1.54) is 12.6 Å². The molecule has 156 valence electrons.